The Kier molecular flexibility index (Phi) is 6.12. The van der Waals surface area contributed by atoms with Gasteiger partial charge in [0.05, 0.1) is 0 Å². The summed E-state index contributed by atoms with van der Waals surface area (Å²) >= 11 is 0. The molecule has 0 aliphatic carbocycles. The van der Waals surface area contributed by atoms with E-state index in [0.717, 1.165) is 24.6 Å². The molecule has 0 radical (unpaired) electrons. The number of aryl methyl sites for hydroxylation is 1. The summed E-state index contributed by atoms with van der Waals surface area (Å²) < 4.78 is 5.81. The van der Waals surface area contributed by atoms with Crippen LogP contribution in [-0.2, 0) is 15.6 Å². The summed E-state index contributed by atoms with van der Waals surface area (Å²) in [7, 11) is -1.77. The number of carbonyl (C=O) groups is 1. The molecule has 18 heavy (non-hydrogen) atoms. The molecule has 0 amide bonds. The molecule has 0 atom stereocenters. The van der Waals surface area contributed by atoms with Gasteiger partial charge in [-0.3, -0.25) is 4.79 Å². The molecule has 0 spiro atoms. The van der Waals surface area contributed by atoms with E-state index >= 15 is 0 Å². The second-order valence-corrected chi connectivity index (χ2v) is 9.39. The first-order chi connectivity index (χ1) is 8.65. The standard InChI is InChI=1S/C15H24O2Si/c1-4-18(5-2,6-3)17-15(16)13-12-14-10-8-7-9-11-14/h7-11H,4-6,12-13H2,1-3H3. The molecule has 0 fully saturated rings. The van der Waals surface area contributed by atoms with Gasteiger partial charge in [0.2, 0.25) is 0 Å². The highest BCUT2D eigenvalue weighted by Gasteiger charge is 2.32. The molecule has 0 bridgehead atoms. The molecule has 2 nitrogen and oxygen atoms in total. The first-order valence-corrected chi connectivity index (χ1v) is 9.44. The molecule has 1 rings (SSSR count). The van der Waals surface area contributed by atoms with Crippen molar-refractivity contribution in [3.63, 3.8) is 0 Å². The first kappa shape index (κ1) is 15.0. The lowest BCUT2D eigenvalue weighted by atomic mass is 10.1. The van der Waals surface area contributed by atoms with Crippen molar-refractivity contribution >= 4 is 14.3 Å². The molecule has 0 N–H and O–H groups in total. The average Bonchev–Trinajstić information content (AvgIpc) is 2.44. The van der Waals surface area contributed by atoms with Crippen LogP contribution in [0.15, 0.2) is 30.3 Å². The van der Waals surface area contributed by atoms with Crippen molar-refractivity contribution < 1.29 is 9.22 Å². The maximum atomic E-state index is 11.9. The molecular formula is C15H24O2Si. The SMILES string of the molecule is CC[Si](CC)(CC)OC(=O)CCc1ccccc1. The molecule has 0 unspecified atom stereocenters. The zero-order valence-electron chi connectivity index (χ0n) is 11.7. The Morgan fingerprint density at radius 1 is 1.06 bits per heavy atom. The van der Waals surface area contributed by atoms with E-state index < -0.39 is 8.32 Å². The minimum absolute atomic E-state index is 0.0175. The number of benzene rings is 1. The molecule has 100 valence electrons. The van der Waals surface area contributed by atoms with Gasteiger partial charge in [0.15, 0.2) is 0 Å². The highest BCUT2D eigenvalue weighted by Crippen LogP contribution is 2.22. The lowest BCUT2D eigenvalue weighted by molar-refractivity contribution is -0.135. The lowest BCUT2D eigenvalue weighted by Crippen LogP contribution is -2.38. The summed E-state index contributed by atoms with van der Waals surface area (Å²) in [5.74, 6) is -0.0175. The third-order valence-electron chi connectivity index (χ3n) is 3.72. The highest BCUT2D eigenvalue weighted by molar-refractivity contribution is 6.74. The summed E-state index contributed by atoms with van der Waals surface area (Å²) in [5.41, 5.74) is 1.20. The van der Waals surface area contributed by atoms with Crippen molar-refractivity contribution in [2.75, 3.05) is 0 Å². The van der Waals surface area contributed by atoms with Crippen LogP contribution in [-0.4, -0.2) is 14.3 Å². The quantitative estimate of drug-likeness (QED) is 0.691. The number of hydrogen-bond acceptors (Lipinski definition) is 2. The van der Waals surface area contributed by atoms with E-state index in [9.17, 15) is 4.79 Å². The Morgan fingerprint density at radius 2 is 1.61 bits per heavy atom. The third kappa shape index (κ3) is 4.30. The largest absolute Gasteiger partial charge is 0.519 e. The third-order valence-corrected chi connectivity index (χ3v) is 8.25. The Morgan fingerprint density at radius 3 is 2.11 bits per heavy atom. The Balaban J connectivity index is 2.46. The molecule has 0 saturated heterocycles. The van der Waals surface area contributed by atoms with Gasteiger partial charge in [-0.1, -0.05) is 51.1 Å². The van der Waals surface area contributed by atoms with Gasteiger partial charge in [-0.15, -0.1) is 0 Å². The van der Waals surface area contributed by atoms with Crippen LogP contribution in [0.3, 0.4) is 0 Å². The van der Waals surface area contributed by atoms with Gasteiger partial charge in [-0.05, 0) is 30.1 Å². The molecule has 0 aromatic heterocycles. The smallest absolute Gasteiger partial charge is 0.292 e. The fourth-order valence-electron chi connectivity index (χ4n) is 2.15. The number of hydrogen-bond donors (Lipinski definition) is 0. The molecule has 0 saturated carbocycles. The monoisotopic (exact) mass is 264 g/mol. The molecule has 0 aliphatic rings. The van der Waals surface area contributed by atoms with E-state index in [1.54, 1.807) is 0 Å². The van der Waals surface area contributed by atoms with Crippen LogP contribution in [0.2, 0.25) is 18.1 Å². The molecule has 1 aromatic rings. The number of rotatable bonds is 7. The summed E-state index contributed by atoms with van der Waals surface area (Å²) in [4.78, 5) is 11.9. The van der Waals surface area contributed by atoms with Crippen molar-refractivity contribution in [1.82, 2.24) is 0 Å². The topological polar surface area (TPSA) is 26.3 Å². The van der Waals surface area contributed by atoms with Gasteiger partial charge >= 0.3 is 0 Å². The molecule has 0 heterocycles. The minimum atomic E-state index is -1.77. The Hall–Kier alpha value is -1.09. The van der Waals surface area contributed by atoms with Crippen LogP contribution < -0.4 is 0 Å². The van der Waals surface area contributed by atoms with Crippen molar-refractivity contribution in [3.05, 3.63) is 35.9 Å². The fourth-order valence-corrected chi connectivity index (χ4v) is 4.67. The van der Waals surface area contributed by atoms with E-state index in [2.05, 4.69) is 32.9 Å². The zero-order valence-corrected chi connectivity index (χ0v) is 12.7. The van der Waals surface area contributed by atoms with Gasteiger partial charge in [0.1, 0.15) is 0 Å². The minimum Gasteiger partial charge on any atom is -0.519 e. The first-order valence-electron chi connectivity index (χ1n) is 6.91. The van der Waals surface area contributed by atoms with Crippen LogP contribution >= 0.6 is 0 Å². The summed E-state index contributed by atoms with van der Waals surface area (Å²) in [6, 6.07) is 13.2. The van der Waals surface area contributed by atoms with Gasteiger partial charge in [-0.2, -0.15) is 0 Å². The van der Waals surface area contributed by atoms with Gasteiger partial charge in [-0.25, -0.2) is 0 Å². The second kappa shape index (κ2) is 7.37. The van der Waals surface area contributed by atoms with Gasteiger partial charge in [0, 0.05) is 6.42 Å². The molecule has 3 heteroatoms. The van der Waals surface area contributed by atoms with Crippen LogP contribution in [0.4, 0.5) is 0 Å². The van der Waals surface area contributed by atoms with E-state index in [0.29, 0.717) is 6.42 Å². The molecule has 1 aromatic carbocycles. The zero-order chi connectivity index (χ0) is 13.4. The molecular weight excluding hydrogens is 240 g/mol. The summed E-state index contributed by atoms with van der Waals surface area (Å²) in [6.07, 6.45) is 1.28. The molecule has 0 aliphatic heterocycles. The van der Waals surface area contributed by atoms with Crippen molar-refractivity contribution in [2.45, 2.75) is 51.7 Å². The predicted octanol–water partition coefficient (Wildman–Crippen LogP) is 4.17. The maximum absolute atomic E-state index is 11.9. The second-order valence-electron chi connectivity index (χ2n) is 4.70. The average molecular weight is 264 g/mol. The maximum Gasteiger partial charge on any atom is 0.292 e. The van der Waals surface area contributed by atoms with Crippen molar-refractivity contribution in [1.29, 1.82) is 0 Å². The van der Waals surface area contributed by atoms with Crippen LogP contribution in [0, 0.1) is 0 Å². The van der Waals surface area contributed by atoms with E-state index in [-0.39, 0.29) is 5.97 Å². The van der Waals surface area contributed by atoms with Crippen LogP contribution in [0.1, 0.15) is 32.8 Å². The highest BCUT2D eigenvalue weighted by atomic mass is 28.4. The predicted molar refractivity (Wildman–Crippen MR) is 78.1 cm³/mol. The number of carbonyl (C=O) groups excluding carboxylic acids is 1. The summed E-state index contributed by atoms with van der Waals surface area (Å²) in [6.45, 7) is 6.43. The van der Waals surface area contributed by atoms with E-state index in [1.165, 1.54) is 5.56 Å². The van der Waals surface area contributed by atoms with E-state index in [1.807, 2.05) is 18.2 Å². The normalized spacial score (nSPS) is 11.3. The summed E-state index contributed by atoms with van der Waals surface area (Å²) in [5, 5.41) is 0. The van der Waals surface area contributed by atoms with Crippen molar-refractivity contribution in [2.24, 2.45) is 0 Å². The van der Waals surface area contributed by atoms with Crippen molar-refractivity contribution in [3.8, 4) is 0 Å². The fraction of sp³-hybridized carbons (Fsp3) is 0.533. The van der Waals surface area contributed by atoms with Crippen LogP contribution in [0.25, 0.3) is 0 Å². The van der Waals surface area contributed by atoms with E-state index in [4.69, 9.17) is 4.43 Å². The Labute approximate surface area is 111 Å². The van der Waals surface area contributed by atoms with Gasteiger partial charge < -0.3 is 4.43 Å². The Bertz CT molecular complexity index is 350. The lowest BCUT2D eigenvalue weighted by Gasteiger charge is -2.27. The van der Waals surface area contributed by atoms with Crippen LogP contribution in [0.5, 0.6) is 0 Å². The van der Waals surface area contributed by atoms with Gasteiger partial charge in [0.25, 0.3) is 14.3 Å².